The number of rotatable bonds is 5. The van der Waals surface area contributed by atoms with E-state index < -0.39 is 0 Å². The van der Waals surface area contributed by atoms with Gasteiger partial charge >= 0.3 is 0 Å². The second kappa shape index (κ2) is 6.75. The first-order chi connectivity index (χ1) is 7.22. The van der Waals surface area contributed by atoms with Gasteiger partial charge in [-0.15, -0.1) is 11.8 Å². The van der Waals surface area contributed by atoms with Crippen LogP contribution < -0.4 is 0 Å². The van der Waals surface area contributed by atoms with Crippen LogP contribution in [0, 0.1) is 0 Å². The zero-order chi connectivity index (χ0) is 11.1. The Kier molecular flexibility index (Phi) is 5.58. The molecule has 0 saturated heterocycles. The number of hydrogen-bond acceptors (Lipinski definition) is 3. The van der Waals surface area contributed by atoms with Gasteiger partial charge in [0, 0.05) is 14.4 Å². The number of benzene rings is 1. The van der Waals surface area contributed by atoms with Gasteiger partial charge < -0.3 is 0 Å². The highest BCUT2D eigenvalue weighted by Gasteiger charge is 2.03. The Bertz CT molecular complexity index is 331. The van der Waals surface area contributed by atoms with Crippen molar-refractivity contribution >= 4 is 29.8 Å². The van der Waals surface area contributed by atoms with Crippen LogP contribution in [0.15, 0.2) is 45.5 Å². The molecule has 1 aromatic rings. The molecule has 0 aromatic heterocycles. The van der Waals surface area contributed by atoms with Crippen molar-refractivity contribution in [3.63, 3.8) is 0 Å². The van der Waals surface area contributed by atoms with Gasteiger partial charge in [-0.1, -0.05) is 43.8 Å². The molecule has 0 aliphatic carbocycles. The average molecular weight is 238 g/mol. The highest BCUT2D eigenvalue weighted by atomic mass is 32.2. The molecule has 0 heterocycles. The van der Waals surface area contributed by atoms with Crippen molar-refractivity contribution in [1.29, 1.82) is 0 Å². The fourth-order valence-electron chi connectivity index (χ4n) is 0.990. The lowest BCUT2D eigenvalue weighted by Crippen LogP contribution is -1.86. The Hall–Kier alpha value is -0.670. The summed E-state index contributed by atoms with van der Waals surface area (Å²) in [4.78, 5) is 11.6. The third kappa shape index (κ3) is 5.09. The van der Waals surface area contributed by atoms with Crippen LogP contribution in [0.1, 0.15) is 13.8 Å². The molecule has 15 heavy (non-hydrogen) atoms. The second-order valence-electron chi connectivity index (χ2n) is 3.20. The summed E-state index contributed by atoms with van der Waals surface area (Å²) in [5, 5.41) is 0.493. The maximum Gasteiger partial charge on any atom is 0.144 e. The maximum absolute atomic E-state index is 10.5. The summed E-state index contributed by atoms with van der Waals surface area (Å²) in [6, 6.07) is 10.1. The first kappa shape index (κ1) is 12.4. The van der Waals surface area contributed by atoms with Gasteiger partial charge in [0.1, 0.15) is 6.29 Å². The Morgan fingerprint density at radius 1 is 1.27 bits per heavy atom. The molecule has 0 aliphatic heterocycles. The van der Waals surface area contributed by atoms with Crippen molar-refractivity contribution < 1.29 is 4.79 Å². The number of aldehydes is 1. The smallest absolute Gasteiger partial charge is 0.144 e. The molecule has 1 aromatic carbocycles. The quantitative estimate of drug-likeness (QED) is 0.439. The molecule has 0 N–H and O–H groups in total. The maximum atomic E-state index is 10.5. The molecule has 0 spiro atoms. The summed E-state index contributed by atoms with van der Waals surface area (Å²) in [5.41, 5.74) is 0. The number of thioether (sulfide) groups is 2. The van der Waals surface area contributed by atoms with Crippen molar-refractivity contribution in [2.75, 3.05) is 0 Å². The lowest BCUT2D eigenvalue weighted by Gasteiger charge is -2.08. The molecule has 0 bridgehead atoms. The molecule has 0 unspecified atom stereocenters. The summed E-state index contributed by atoms with van der Waals surface area (Å²) in [6.07, 6.45) is 2.48. The topological polar surface area (TPSA) is 17.1 Å². The molecule has 1 nitrogen and oxygen atoms in total. The van der Waals surface area contributed by atoms with Crippen LogP contribution in [-0.2, 0) is 4.79 Å². The minimum absolute atomic E-state index is 0.493. The lowest BCUT2D eigenvalue weighted by molar-refractivity contribution is -0.104. The molecule has 80 valence electrons. The SMILES string of the molecule is CC(C)S/C(=C\C=O)Sc1ccccc1. The van der Waals surface area contributed by atoms with E-state index in [0.717, 1.165) is 10.5 Å². The fourth-order valence-corrected chi connectivity index (χ4v) is 3.30. The molecule has 0 radical (unpaired) electrons. The summed E-state index contributed by atoms with van der Waals surface area (Å²) < 4.78 is 1.05. The third-order valence-electron chi connectivity index (χ3n) is 1.52. The Labute approximate surface area is 99.3 Å². The number of carbonyl (C=O) groups excluding carboxylic acids is 1. The van der Waals surface area contributed by atoms with Crippen molar-refractivity contribution in [3.8, 4) is 0 Å². The lowest BCUT2D eigenvalue weighted by atomic mass is 10.4. The highest BCUT2D eigenvalue weighted by Crippen LogP contribution is 2.36. The van der Waals surface area contributed by atoms with E-state index in [1.807, 2.05) is 30.3 Å². The van der Waals surface area contributed by atoms with E-state index in [1.165, 1.54) is 4.90 Å². The number of allylic oxidation sites excluding steroid dienone is 1. The van der Waals surface area contributed by atoms with E-state index in [2.05, 4.69) is 13.8 Å². The van der Waals surface area contributed by atoms with E-state index in [0.29, 0.717) is 5.25 Å². The van der Waals surface area contributed by atoms with Gasteiger partial charge in [-0.05, 0) is 18.2 Å². The van der Waals surface area contributed by atoms with Gasteiger partial charge in [-0.25, -0.2) is 0 Å². The average Bonchev–Trinajstić information content (AvgIpc) is 2.18. The van der Waals surface area contributed by atoms with Crippen molar-refractivity contribution in [3.05, 3.63) is 40.6 Å². The van der Waals surface area contributed by atoms with Gasteiger partial charge in [0.2, 0.25) is 0 Å². The van der Waals surface area contributed by atoms with Crippen LogP contribution in [0.4, 0.5) is 0 Å². The molecule has 3 heteroatoms. The molecular weight excluding hydrogens is 224 g/mol. The van der Waals surface area contributed by atoms with E-state index in [9.17, 15) is 4.79 Å². The zero-order valence-corrected chi connectivity index (χ0v) is 10.5. The minimum Gasteiger partial charge on any atom is -0.298 e. The Morgan fingerprint density at radius 2 is 1.93 bits per heavy atom. The predicted octanol–water partition coefficient (Wildman–Crippen LogP) is 3.96. The van der Waals surface area contributed by atoms with Crippen molar-refractivity contribution in [2.24, 2.45) is 0 Å². The monoisotopic (exact) mass is 238 g/mol. The normalized spacial score (nSPS) is 11.8. The molecule has 0 amide bonds. The van der Waals surface area contributed by atoms with Crippen LogP contribution in [-0.4, -0.2) is 11.5 Å². The van der Waals surface area contributed by atoms with Gasteiger partial charge in [0.05, 0.1) is 0 Å². The minimum atomic E-state index is 0.493. The highest BCUT2D eigenvalue weighted by molar-refractivity contribution is 8.22. The summed E-state index contributed by atoms with van der Waals surface area (Å²) in [5.74, 6) is 0. The van der Waals surface area contributed by atoms with E-state index in [-0.39, 0.29) is 0 Å². The van der Waals surface area contributed by atoms with Crippen LogP contribution >= 0.6 is 23.5 Å². The standard InChI is InChI=1S/C12H14OS2/c1-10(2)14-12(8-9-13)15-11-6-4-3-5-7-11/h3-10H,1-2H3/b12-8+. The van der Waals surface area contributed by atoms with Gasteiger partial charge in [0.25, 0.3) is 0 Å². The van der Waals surface area contributed by atoms with Gasteiger partial charge in [-0.2, -0.15) is 0 Å². The number of carbonyl (C=O) groups is 1. The Morgan fingerprint density at radius 3 is 2.47 bits per heavy atom. The van der Waals surface area contributed by atoms with E-state index in [1.54, 1.807) is 29.6 Å². The summed E-state index contributed by atoms with van der Waals surface area (Å²) >= 11 is 3.35. The summed E-state index contributed by atoms with van der Waals surface area (Å²) in [6.45, 7) is 4.24. The second-order valence-corrected chi connectivity index (χ2v) is 6.20. The molecular formula is C12H14OS2. The van der Waals surface area contributed by atoms with Crippen molar-refractivity contribution in [2.45, 2.75) is 24.0 Å². The predicted molar refractivity (Wildman–Crippen MR) is 69.2 cm³/mol. The van der Waals surface area contributed by atoms with Crippen LogP contribution in [0.2, 0.25) is 0 Å². The third-order valence-corrected chi connectivity index (χ3v) is 3.74. The first-order valence-electron chi connectivity index (χ1n) is 4.77. The zero-order valence-electron chi connectivity index (χ0n) is 8.84. The van der Waals surface area contributed by atoms with Crippen LogP contribution in [0.25, 0.3) is 0 Å². The molecule has 1 rings (SSSR count). The largest absolute Gasteiger partial charge is 0.298 e. The van der Waals surface area contributed by atoms with Gasteiger partial charge in [0.15, 0.2) is 0 Å². The van der Waals surface area contributed by atoms with Crippen molar-refractivity contribution in [1.82, 2.24) is 0 Å². The van der Waals surface area contributed by atoms with Crippen LogP contribution in [0.5, 0.6) is 0 Å². The summed E-state index contributed by atoms with van der Waals surface area (Å²) in [7, 11) is 0. The fraction of sp³-hybridized carbons (Fsp3) is 0.250. The van der Waals surface area contributed by atoms with Gasteiger partial charge in [-0.3, -0.25) is 4.79 Å². The first-order valence-corrected chi connectivity index (χ1v) is 6.47. The van der Waals surface area contributed by atoms with E-state index in [4.69, 9.17) is 0 Å². The van der Waals surface area contributed by atoms with Crippen LogP contribution in [0.3, 0.4) is 0 Å². The number of hydrogen-bond donors (Lipinski definition) is 0. The molecule has 0 fully saturated rings. The van der Waals surface area contributed by atoms with E-state index >= 15 is 0 Å². The molecule has 0 atom stereocenters. The molecule has 0 aliphatic rings. The molecule has 0 saturated carbocycles. The Balaban J connectivity index is 2.67.